The van der Waals surface area contributed by atoms with Crippen LogP contribution in [-0.2, 0) is 0 Å². The standard InChI is InChI=1S/C13H18FN3O.ClH/c1-9-3-4-11(7-12(9)14)16-13(18)17-6-5-15-10(2)8-17;/h3-4,7,10,15H,5-6,8H2,1-2H3,(H,16,18);1H/t10-;/m1./s1. The number of aryl methyl sites for hydroxylation is 1. The van der Waals surface area contributed by atoms with Crippen molar-refractivity contribution in [2.24, 2.45) is 0 Å². The summed E-state index contributed by atoms with van der Waals surface area (Å²) >= 11 is 0. The molecule has 0 spiro atoms. The summed E-state index contributed by atoms with van der Waals surface area (Å²) in [4.78, 5) is 13.7. The summed E-state index contributed by atoms with van der Waals surface area (Å²) in [5, 5.41) is 5.99. The number of benzene rings is 1. The van der Waals surface area contributed by atoms with Gasteiger partial charge in [-0.3, -0.25) is 0 Å². The van der Waals surface area contributed by atoms with Crippen molar-refractivity contribution in [2.75, 3.05) is 25.0 Å². The molecule has 19 heavy (non-hydrogen) atoms. The molecule has 2 amide bonds. The van der Waals surface area contributed by atoms with Crippen LogP contribution in [0.25, 0.3) is 0 Å². The topological polar surface area (TPSA) is 44.4 Å². The number of nitrogens with zero attached hydrogens (tertiary/aromatic N) is 1. The lowest BCUT2D eigenvalue weighted by Gasteiger charge is -2.31. The van der Waals surface area contributed by atoms with Crippen molar-refractivity contribution in [1.82, 2.24) is 10.2 Å². The van der Waals surface area contributed by atoms with Gasteiger partial charge < -0.3 is 15.5 Å². The fourth-order valence-electron chi connectivity index (χ4n) is 1.99. The van der Waals surface area contributed by atoms with Crippen LogP contribution in [0.1, 0.15) is 12.5 Å². The summed E-state index contributed by atoms with van der Waals surface area (Å²) in [5.74, 6) is -0.304. The number of anilines is 1. The van der Waals surface area contributed by atoms with Gasteiger partial charge in [0, 0.05) is 31.4 Å². The molecule has 0 aromatic heterocycles. The molecule has 1 aliphatic heterocycles. The summed E-state index contributed by atoms with van der Waals surface area (Å²) in [6.45, 7) is 5.85. The van der Waals surface area contributed by atoms with Gasteiger partial charge in [0.15, 0.2) is 0 Å². The van der Waals surface area contributed by atoms with Crippen LogP contribution in [-0.4, -0.2) is 36.6 Å². The average Bonchev–Trinajstić information content (AvgIpc) is 2.34. The maximum absolute atomic E-state index is 13.4. The largest absolute Gasteiger partial charge is 0.322 e. The second kappa shape index (κ2) is 6.73. The van der Waals surface area contributed by atoms with Crippen LogP contribution in [0.15, 0.2) is 18.2 Å². The highest BCUT2D eigenvalue weighted by molar-refractivity contribution is 5.89. The van der Waals surface area contributed by atoms with Gasteiger partial charge in [-0.25, -0.2) is 9.18 Å². The van der Waals surface area contributed by atoms with E-state index < -0.39 is 0 Å². The minimum absolute atomic E-state index is 0. The van der Waals surface area contributed by atoms with Gasteiger partial charge in [-0.15, -0.1) is 12.4 Å². The quantitative estimate of drug-likeness (QED) is 0.833. The molecule has 1 aromatic rings. The van der Waals surface area contributed by atoms with E-state index in [1.807, 2.05) is 6.92 Å². The number of amides is 2. The number of hydrogen-bond donors (Lipinski definition) is 2. The van der Waals surface area contributed by atoms with E-state index in [1.54, 1.807) is 24.0 Å². The third-order valence-electron chi connectivity index (χ3n) is 3.08. The Balaban J connectivity index is 0.00000180. The third-order valence-corrected chi connectivity index (χ3v) is 3.08. The van der Waals surface area contributed by atoms with Gasteiger partial charge >= 0.3 is 6.03 Å². The van der Waals surface area contributed by atoms with Crippen molar-refractivity contribution in [1.29, 1.82) is 0 Å². The number of hydrogen-bond acceptors (Lipinski definition) is 2. The number of nitrogens with one attached hydrogen (secondary N) is 2. The summed E-state index contributed by atoms with van der Waals surface area (Å²) < 4.78 is 13.4. The Kier molecular flexibility index (Phi) is 5.57. The highest BCUT2D eigenvalue weighted by Crippen LogP contribution is 2.14. The Morgan fingerprint density at radius 2 is 2.26 bits per heavy atom. The van der Waals surface area contributed by atoms with Crippen LogP contribution in [0.4, 0.5) is 14.9 Å². The van der Waals surface area contributed by atoms with Gasteiger partial charge in [0.2, 0.25) is 0 Å². The van der Waals surface area contributed by atoms with Gasteiger partial charge in [0.1, 0.15) is 5.82 Å². The Morgan fingerprint density at radius 1 is 1.53 bits per heavy atom. The first-order valence-electron chi connectivity index (χ1n) is 6.12. The zero-order valence-corrected chi connectivity index (χ0v) is 11.9. The van der Waals surface area contributed by atoms with Gasteiger partial charge in [0.25, 0.3) is 0 Å². The molecule has 0 radical (unpaired) electrons. The van der Waals surface area contributed by atoms with Crippen LogP contribution in [0, 0.1) is 12.7 Å². The summed E-state index contributed by atoms with van der Waals surface area (Å²) in [6, 6.07) is 4.83. The lowest BCUT2D eigenvalue weighted by atomic mass is 10.2. The van der Waals surface area contributed by atoms with Gasteiger partial charge in [-0.05, 0) is 31.5 Å². The van der Waals surface area contributed by atoms with Crippen molar-refractivity contribution >= 4 is 24.1 Å². The molecule has 1 fully saturated rings. The van der Waals surface area contributed by atoms with Crippen molar-refractivity contribution < 1.29 is 9.18 Å². The monoisotopic (exact) mass is 287 g/mol. The summed E-state index contributed by atoms with van der Waals surface area (Å²) in [6.07, 6.45) is 0. The lowest BCUT2D eigenvalue weighted by Crippen LogP contribution is -2.52. The van der Waals surface area contributed by atoms with Crippen LogP contribution >= 0.6 is 12.4 Å². The average molecular weight is 288 g/mol. The second-order valence-corrected chi connectivity index (χ2v) is 4.70. The van der Waals surface area contributed by atoms with Crippen molar-refractivity contribution in [3.05, 3.63) is 29.6 Å². The molecular formula is C13H19ClFN3O. The molecule has 0 aliphatic carbocycles. The fraction of sp³-hybridized carbons (Fsp3) is 0.462. The number of carbonyl (C=O) groups excluding carboxylic acids is 1. The molecule has 1 saturated heterocycles. The van der Waals surface area contributed by atoms with Gasteiger partial charge in [-0.2, -0.15) is 0 Å². The van der Waals surface area contributed by atoms with E-state index in [0.29, 0.717) is 30.4 Å². The highest BCUT2D eigenvalue weighted by Gasteiger charge is 2.20. The number of halogens is 2. The minimum atomic E-state index is -0.304. The number of piperazine rings is 1. The number of urea groups is 1. The number of carbonyl (C=O) groups is 1. The molecule has 0 bridgehead atoms. The maximum Gasteiger partial charge on any atom is 0.321 e. The fourth-order valence-corrected chi connectivity index (χ4v) is 1.99. The van der Waals surface area contributed by atoms with Crippen LogP contribution in [0.3, 0.4) is 0 Å². The van der Waals surface area contributed by atoms with E-state index in [2.05, 4.69) is 10.6 Å². The summed E-state index contributed by atoms with van der Waals surface area (Å²) in [7, 11) is 0. The molecule has 2 N–H and O–H groups in total. The highest BCUT2D eigenvalue weighted by atomic mass is 35.5. The molecule has 106 valence electrons. The van der Waals surface area contributed by atoms with Gasteiger partial charge in [0.05, 0.1) is 0 Å². The normalized spacial score (nSPS) is 18.7. The van der Waals surface area contributed by atoms with E-state index in [9.17, 15) is 9.18 Å². The van der Waals surface area contributed by atoms with Crippen molar-refractivity contribution in [3.8, 4) is 0 Å². The molecule has 2 rings (SSSR count). The van der Waals surface area contributed by atoms with Crippen LogP contribution in [0.5, 0.6) is 0 Å². The molecule has 4 nitrogen and oxygen atoms in total. The SMILES string of the molecule is Cc1ccc(NC(=O)N2CCN[C@H](C)C2)cc1F.Cl. The first kappa shape index (κ1) is 15.7. The molecule has 1 aliphatic rings. The lowest BCUT2D eigenvalue weighted by molar-refractivity contribution is 0.192. The maximum atomic E-state index is 13.4. The van der Waals surface area contributed by atoms with E-state index in [4.69, 9.17) is 0 Å². The van der Waals surface area contributed by atoms with E-state index in [1.165, 1.54) is 6.07 Å². The Bertz CT molecular complexity index is 456. The first-order valence-corrected chi connectivity index (χ1v) is 6.12. The Hall–Kier alpha value is -1.33. The zero-order valence-electron chi connectivity index (χ0n) is 11.1. The molecule has 0 saturated carbocycles. The summed E-state index contributed by atoms with van der Waals surface area (Å²) in [5.41, 5.74) is 1.07. The van der Waals surface area contributed by atoms with Gasteiger partial charge in [-0.1, -0.05) is 6.07 Å². The molecule has 1 aromatic carbocycles. The third kappa shape index (κ3) is 4.08. The van der Waals surface area contributed by atoms with E-state index >= 15 is 0 Å². The minimum Gasteiger partial charge on any atom is -0.322 e. The molecule has 6 heteroatoms. The second-order valence-electron chi connectivity index (χ2n) is 4.70. The van der Waals surface area contributed by atoms with Crippen molar-refractivity contribution in [3.63, 3.8) is 0 Å². The molecular weight excluding hydrogens is 269 g/mol. The predicted octanol–water partition coefficient (Wildman–Crippen LogP) is 2.38. The van der Waals surface area contributed by atoms with Crippen molar-refractivity contribution in [2.45, 2.75) is 19.9 Å². The molecule has 1 atom stereocenters. The molecule has 1 heterocycles. The van der Waals surface area contributed by atoms with E-state index in [-0.39, 0.29) is 24.3 Å². The first-order chi connectivity index (χ1) is 8.56. The van der Waals surface area contributed by atoms with Crippen LogP contribution in [0.2, 0.25) is 0 Å². The van der Waals surface area contributed by atoms with Crippen LogP contribution < -0.4 is 10.6 Å². The number of rotatable bonds is 1. The Morgan fingerprint density at radius 3 is 2.89 bits per heavy atom. The molecule has 0 unspecified atom stereocenters. The van der Waals surface area contributed by atoms with E-state index in [0.717, 1.165) is 6.54 Å². The predicted molar refractivity (Wildman–Crippen MR) is 76.4 cm³/mol. The smallest absolute Gasteiger partial charge is 0.321 e. The Labute approximate surface area is 118 Å². The zero-order chi connectivity index (χ0) is 13.1.